The van der Waals surface area contributed by atoms with Crippen LogP contribution in [0.4, 0.5) is 0 Å². The van der Waals surface area contributed by atoms with E-state index in [1.54, 1.807) is 0 Å². The first-order valence-corrected chi connectivity index (χ1v) is 8.14. The molecule has 0 aliphatic carbocycles. The molecule has 0 fully saturated rings. The molecule has 0 heterocycles. The highest BCUT2D eigenvalue weighted by Gasteiger charge is 2.18. The summed E-state index contributed by atoms with van der Waals surface area (Å²) >= 11 is 9.09. The number of rotatable bonds is 4. The van der Waals surface area contributed by atoms with Crippen LogP contribution in [0.1, 0.15) is 24.2 Å². The van der Waals surface area contributed by atoms with Gasteiger partial charge in [-0.2, -0.15) is 0 Å². The van der Waals surface area contributed by atoms with Crippen LogP contribution < -0.4 is 10.5 Å². The maximum Gasteiger partial charge on any atom is 0.252 e. The number of sulfonamides is 1. The highest BCUT2D eigenvalue weighted by molar-refractivity contribution is 9.10. The van der Waals surface area contributed by atoms with Crippen LogP contribution in [0.25, 0.3) is 0 Å². The number of primary sulfonamides is 1. The zero-order chi connectivity index (χ0) is 14.8. The van der Waals surface area contributed by atoms with Gasteiger partial charge in [0.25, 0.3) is 5.91 Å². The van der Waals surface area contributed by atoms with Gasteiger partial charge in [0.05, 0.1) is 15.5 Å². The molecule has 3 N–H and O–H groups in total. The van der Waals surface area contributed by atoms with E-state index in [-0.39, 0.29) is 21.4 Å². The summed E-state index contributed by atoms with van der Waals surface area (Å²) in [6, 6.07) is 2.43. The normalized spacial score (nSPS) is 11.7. The summed E-state index contributed by atoms with van der Waals surface area (Å²) in [7, 11) is -3.90. The summed E-state index contributed by atoms with van der Waals surface area (Å²) in [6.45, 7) is 4.35. The van der Waals surface area contributed by atoms with Gasteiger partial charge >= 0.3 is 0 Å². The van der Waals surface area contributed by atoms with Crippen molar-refractivity contribution < 1.29 is 13.2 Å². The Balaban J connectivity index is 3.20. The zero-order valence-electron chi connectivity index (χ0n) is 10.4. The van der Waals surface area contributed by atoms with Crippen molar-refractivity contribution in [2.24, 2.45) is 11.1 Å². The molecule has 1 rings (SSSR count). The first-order chi connectivity index (χ1) is 8.62. The predicted octanol–water partition coefficient (Wildman–Crippen LogP) is 2.14. The summed E-state index contributed by atoms with van der Waals surface area (Å²) in [5.74, 6) is -0.169. The number of halogens is 2. The first kappa shape index (κ1) is 16.4. The topological polar surface area (TPSA) is 89.3 Å². The molecule has 0 spiro atoms. The lowest BCUT2D eigenvalue weighted by Crippen LogP contribution is -2.28. The van der Waals surface area contributed by atoms with Crippen molar-refractivity contribution in [3.05, 3.63) is 27.2 Å². The van der Waals surface area contributed by atoms with Gasteiger partial charge in [0.2, 0.25) is 10.0 Å². The molecule has 1 amide bonds. The van der Waals surface area contributed by atoms with Crippen molar-refractivity contribution in [2.45, 2.75) is 18.7 Å². The van der Waals surface area contributed by atoms with Gasteiger partial charge in [-0.05, 0) is 34.0 Å². The van der Waals surface area contributed by atoms with Gasteiger partial charge in [0.1, 0.15) is 0 Å². The fourth-order valence-corrected chi connectivity index (χ4v) is 2.66. The Morgan fingerprint density at radius 3 is 2.53 bits per heavy atom. The van der Waals surface area contributed by atoms with E-state index in [0.717, 1.165) is 6.07 Å². The Kier molecular flexibility index (Phi) is 5.37. The predicted molar refractivity (Wildman–Crippen MR) is 77.7 cm³/mol. The Labute approximate surface area is 125 Å². The summed E-state index contributed by atoms with van der Waals surface area (Å²) in [5, 5.41) is 7.86. The number of nitrogens with one attached hydrogen (secondary N) is 1. The maximum absolute atomic E-state index is 11.9. The molecule has 0 aliphatic rings. The molecule has 0 atom stereocenters. The number of hydrogen-bond acceptors (Lipinski definition) is 3. The van der Waals surface area contributed by atoms with Gasteiger partial charge in [-0.1, -0.05) is 25.4 Å². The lowest BCUT2D eigenvalue weighted by molar-refractivity contribution is 0.0949. The smallest absolute Gasteiger partial charge is 0.252 e. The van der Waals surface area contributed by atoms with E-state index < -0.39 is 15.9 Å². The second kappa shape index (κ2) is 6.21. The number of carbonyl (C=O) groups excluding carboxylic acids is 1. The molecule has 0 aliphatic heterocycles. The van der Waals surface area contributed by atoms with Crippen LogP contribution in [0.2, 0.25) is 5.02 Å². The number of nitrogens with two attached hydrogens (primary N) is 1. The molecule has 106 valence electrons. The molecule has 0 unspecified atom stereocenters. The van der Waals surface area contributed by atoms with Crippen LogP contribution in [0.15, 0.2) is 21.5 Å². The summed E-state index contributed by atoms with van der Waals surface area (Å²) < 4.78 is 22.9. The number of amides is 1. The van der Waals surface area contributed by atoms with E-state index in [2.05, 4.69) is 21.2 Å². The molecule has 0 saturated carbocycles. The number of carbonyl (C=O) groups is 1. The van der Waals surface area contributed by atoms with Crippen molar-refractivity contribution in [1.29, 1.82) is 0 Å². The fourth-order valence-electron chi connectivity index (χ4n) is 1.29. The SMILES string of the molecule is CC(C)CNC(=O)c1cc(S(N)(=O)=O)cc(Br)c1Cl. The second-order valence-electron chi connectivity index (χ2n) is 4.42. The van der Waals surface area contributed by atoms with Crippen LogP contribution in [-0.2, 0) is 10.0 Å². The average Bonchev–Trinajstić information content (AvgIpc) is 2.27. The molecule has 1 aromatic rings. The van der Waals surface area contributed by atoms with E-state index in [1.165, 1.54) is 6.07 Å². The third kappa shape index (κ3) is 4.45. The Hall–Kier alpha value is -0.630. The Morgan fingerprint density at radius 1 is 1.47 bits per heavy atom. The third-order valence-corrected chi connectivity index (χ3v) is 4.40. The monoisotopic (exact) mass is 368 g/mol. The fraction of sp³-hybridized carbons (Fsp3) is 0.364. The molecule has 0 bridgehead atoms. The summed E-state index contributed by atoms with van der Waals surface area (Å²) in [4.78, 5) is 11.8. The molecule has 19 heavy (non-hydrogen) atoms. The Morgan fingerprint density at radius 2 is 2.05 bits per heavy atom. The van der Waals surface area contributed by atoms with Crippen LogP contribution in [0.5, 0.6) is 0 Å². The summed E-state index contributed by atoms with van der Waals surface area (Å²) in [5.41, 5.74) is 0.0701. The van der Waals surface area contributed by atoms with Crippen LogP contribution in [-0.4, -0.2) is 20.9 Å². The zero-order valence-corrected chi connectivity index (χ0v) is 13.6. The molecule has 0 aromatic heterocycles. The van der Waals surface area contributed by atoms with Crippen molar-refractivity contribution in [1.82, 2.24) is 5.32 Å². The number of benzene rings is 1. The highest BCUT2D eigenvalue weighted by Crippen LogP contribution is 2.29. The highest BCUT2D eigenvalue weighted by atomic mass is 79.9. The van der Waals surface area contributed by atoms with E-state index >= 15 is 0 Å². The van der Waals surface area contributed by atoms with Crippen molar-refractivity contribution in [3.63, 3.8) is 0 Å². The lowest BCUT2D eigenvalue weighted by atomic mass is 10.2. The van der Waals surface area contributed by atoms with Crippen molar-refractivity contribution >= 4 is 43.5 Å². The average molecular weight is 370 g/mol. The second-order valence-corrected chi connectivity index (χ2v) is 7.21. The van der Waals surface area contributed by atoms with E-state index in [1.807, 2.05) is 13.8 Å². The molecule has 0 saturated heterocycles. The van der Waals surface area contributed by atoms with Gasteiger partial charge in [-0.3, -0.25) is 4.79 Å². The molecular weight excluding hydrogens is 356 g/mol. The molecule has 0 radical (unpaired) electrons. The quantitative estimate of drug-likeness (QED) is 0.852. The van der Waals surface area contributed by atoms with Gasteiger partial charge in [-0.25, -0.2) is 13.6 Å². The van der Waals surface area contributed by atoms with Crippen molar-refractivity contribution in [2.75, 3.05) is 6.54 Å². The standard InChI is InChI=1S/C11H14BrClN2O3S/c1-6(2)5-15-11(16)8-3-7(19(14,17)18)4-9(12)10(8)13/h3-4,6H,5H2,1-2H3,(H,15,16)(H2,14,17,18). The largest absolute Gasteiger partial charge is 0.352 e. The van der Waals surface area contributed by atoms with Gasteiger partial charge < -0.3 is 5.32 Å². The molecule has 1 aromatic carbocycles. The van der Waals surface area contributed by atoms with E-state index in [9.17, 15) is 13.2 Å². The molecule has 8 heteroatoms. The van der Waals surface area contributed by atoms with Crippen molar-refractivity contribution in [3.8, 4) is 0 Å². The van der Waals surface area contributed by atoms with Gasteiger partial charge in [-0.15, -0.1) is 0 Å². The van der Waals surface area contributed by atoms with Gasteiger partial charge in [0, 0.05) is 11.0 Å². The van der Waals surface area contributed by atoms with Crippen LogP contribution >= 0.6 is 27.5 Å². The minimum absolute atomic E-state index is 0.0701. The minimum atomic E-state index is -3.90. The molecule has 5 nitrogen and oxygen atoms in total. The maximum atomic E-state index is 11.9. The third-order valence-electron chi connectivity index (χ3n) is 2.25. The summed E-state index contributed by atoms with van der Waals surface area (Å²) in [6.07, 6.45) is 0. The van der Waals surface area contributed by atoms with Crippen LogP contribution in [0, 0.1) is 5.92 Å². The molecular formula is C11H14BrClN2O3S. The van der Waals surface area contributed by atoms with E-state index in [4.69, 9.17) is 16.7 Å². The Bertz CT molecular complexity index is 602. The van der Waals surface area contributed by atoms with Crippen LogP contribution in [0.3, 0.4) is 0 Å². The number of hydrogen-bond donors (Lipinski definition) is 2. The van der Waals surface area contributed by atoms with Gasteiger partial charge in [0.15, 0.2) is 0 Å². The van der Waals surface area contributed by atoms with E-state index in [0.29, 0.717) is 11.0 Å². The lowest BCUT2D eigenvalue weighted by Gasteiger charge is -2.11. The first-order valence-electron chi connectivity index (χ1n) is 5.43. The minimum Gasteiger partial charge on any atom is -0.352 e.